The summed E-state index contributed by atoms with van der Waals surface area (Å²) in [6.45, 7) is 10.9. The minimum Gasteiger partial charge on any atom is -0.462 e. The van der Waals surface area contributed by atoms with E-state index in [9.17, 15) is 4.79 Å². The highest BCUT2D eigenvalue weighted by atomic mass is 32.1. The molecule has 2 rings (SSSR count). The van der Waals surface area contributed by atoms with Crippen molar-refractivity contribution in [1.82, 2.24) is 10.2 Å². The van der Waals surface area contributed by atoms with E-state index in [0.717, 1.165) is 36.7 Å². The summed E-state index contributed by atoms with van der Waals surface area (Å²) in [4.78, 5) is 14.3. The number of hydrogen-bond acceptors (Lipinski definition) is 4. The maximum atomic E-state index is 11.8. The SMILES string of the molecule is CCOC(=O)c1ccc(NC(=S)NCCCN2CCC[C@@H](C)C2)c(C)c1. The molecule has 1 aromatic rings. The summed E-state index contributed by atoms with van der Waals surface area (Å²) in [6.07, 6.45) is 3.75. The van der Waals surface area contributed by atoms with Crippen LogP contribution >= 0.6 is 12.2 Å². The van der Waals surface area contributed by atoms with Gasteiger partial charge >= 0.3 is 5.97 Å². The van der Waals surface area contributed by atoms with Gasteiger partial charge in [-0.15, -0.1) is 0 Å². The van der Waals surface area contributed by atoms with Gasteiger partial charge in [-0.2, -0.15) is 0 Å². The third kappa shape index (κ3) is 6.57. The quantitative estimate of drug-likeness (QED) is 0.430. The Balaban J connectivity index is 1.72. The molecule has 0 unspecified atom stereocenters. The summed E-state index contributed by atoms with van der Waals surface area (Å²) < 4.78 is 5.02. The van der Waals surface area contributed by atoms with E-state index in [4.69, 9.17) is 17.0 Å². The summed E-state index contributed by atoms with van der Waals surface area (Å²) in [5.41, 5.74) is 2.42. The van der Waals surface area contributed by atoms with E-state index in [0.29, 0.717) is 17.3 Å². The van der Waals surface area contributed by atoms with E-state index in [-0.39, 0.29) is 5.97 Å². The molecule has 1 aromatic carbocycles. The molecule has 0 aromatic heterocycles. The molecule has 0 amide bonds. The van der Waals surface area contributed by atoms with Gasteiger partial charge in [-0.3, -0.25) is 0 Å². The first kappa shape index (κ1) is 20.6. The van der Waals surface area contributed by atoms with Crippen LogP contribution in [-0.2, 0) is 4.74 Å². The van der Waals surface area contributed by atoms with Crippen molar-refractivity contribution in [3.63, 3.8) is 0 Å². The molecule has 1 heterocycles. The summed E-state index contributed by atoms with van der Waals surface area (Å²) >= 11 is 5.38. The smallest absolute Gasteiger partial charge is 0.338 e. The first-order valence-electron chi connectivity index (χ1n) is 9.54. The molecule has 0 radical (unpaired) electrons. The van der Waals surface area contributed by atoms with Crippen molar-refractivity contribution in [2.75, 3.05) is 38.1 Å². The second kappa shape index (κ2) is 10.5. The normalized spacial score (nSPS) is 17.6. The number of nitrogens with zero attached hydrogens (tertiary/aromatic N) is 1. The fourth-order valence-electron chi connectivity index (χ4n) is 3.31. The van der Waals surface area contributed by atoms with Crippen LogP contribution in [0.2, 0.25) is 0 Å². The molecule has 0 bridgehead atoms. The van der Waals surface area contributed by atoms with Crippen molar-refractivity contribution in [1.29, 1.82) is 0 Å². The zero-order chi connectivity index (χ0) is 18.9. The van der Waals surface area contributed by atoms with Crippen LogP contribution in [-0.4, -0.2) is 48.8 Å². The zero-order valence-corrected chi connectivity index (χ0v) is 17.0. The second-order valence-electron chi connectivity index (χ2n) is 7.03. The molecule has 6 heteroatoms. The number of hydrogen-bond donors (Lipinski definition) is 2. The molecule has 2 N–H and O–H groups in total. The van der Waals surface area contributed by atoms with Gasteiger partial charge in [-0.05, 0) is 88.1 Å². The minimum atomic E-state index is -0.296. The standard InChI is InChI=1S/C20H31N3O2S/c1-4-25-19(24)17-8-9-18(16(3)13-17)22-20(26)21-10-6-12-23-11-5-7-15(2)14-23/h8-9,13,15H,4-7,10-12,14H2,1-3H3,(H2,21,22,26)/t15-/m1/s1. The Bertz CT molecular complexity index is 621. The number of piperidine rings is 1. The third-order valence-electron chi connectivity index (χ3n) is 4.66. The van der Waals surface area contributed by atoms with E-state index in [2.05, 4.69) is 22.5 Å². The van der Waals surface area contributed by atoms with Gasteiger partial charge < -0.3 is 20.3 Å². The van der Waals surface area contributed by atoms with Gasteiger partial charge in [0, 0.05) is 18.8 Å². The van der Waals surface area contributed by atoms with Crippen LogP contribution in [0.3, 0.4) is 0 Å². The summed E-state index contributed by atoms with van der Waals surface area (Å²) in [6, 6.07) is 5.44. The number of likely N-dealkylation sites (tertiary alicyclic amines) is 1. The van der Waals surface area contributed by atoms with Gasteiger partial charge in [0.2, 0.25) is 0 Å². The topological polar surface area (TPSA) is 53.6 Å². The molecule has 0 aliphatic carbocycles. The van der Waals surface area contributed by atoms with Gasteiger partial charge in [0.25, 0.3) is 0 Å². The van der Waals surface area contributed by atoms with E-state index in [1.54, 1.807) is 13.0 Å². The number of carbonyl (C=O) groups is 1. The van der Waals surface area contributed by atoms with Gasteiger partial charge in [0.15, 0.2) is 5.11 Å². The number of esters is 1. The highest BCUT2D eigenvalue weighted by molar-refractivity contribution is 7.80. The van der Waals surface area contributed by atoms with Crippen LogP contribution in [0, 0.1) is 12.8 Å². The molecule has 26 heavy (non-hydrogen) atoms. The molecule has 0 spiro atoms. The Hall–Kier alpha value is -1.66. The van der Waals surface area contributed by atoms with Crippen molar-refractivity contribution >= 4 is 29.0 Å². The molecule has 5 nitrogen and oxygen atoms in total. The molecule has 144 valence electrons. The van der Waals surface area contributed by atoms with Crippen molar-refractivity contribution in [3.8, 4) is 0 Å². The van der Waals surface area contributed by atoms with E-state index in [1.165, 1.54) is 25.9 Å². The molecule has 1 atom stereocenters. The molecule has 1 aliphatic heterocycles. The predicted octanol–water partition coefficient (Wildman–Crippen LogP) is 3.58. The highest BCUT2D eigenvalue weighted by Crippen LogP contribution is 2.17. The van der Waals surface area contributed by atoms with E-state index < -0.39 is 0 Å². The Morgan fingerprint density at radius 3 is 2.92 bits per heavy atom. The van der Waals surface area contributed by atoms with Gasteiger partial charge in [-0.1, -0.05) is 6.92 Å². The van der Waals surface area contributed by atoms with Crippen LogP contribution in [0.4, 0.5) is 5.69 Å². The monoisotopic (exact) mass is 377 g/mol. The average Bonchev–Trinajstić information content (AvgIpc) is 2.61. The van der Waals surface area contributed by atoms with Crippen molar-refractivity contribution in [2.45, 2.75) is 40.0 Å². The first-order valence-corrected chi connectivity index (χ1v) is 9.95. The fraction of sp³-hybridized carbons (Fsp3) is 0.600. The van der Waals surface area contributed by atoms with Crippen molar-refractivity contribution < 1.29 is 9.53 Å². The number of carbonyl (C=O) groups excluding carboxylic acids is 1. The molecule has 1 aliphatic rings. The second-order valence-corrected chi connectivity index (χ2v) is 7.44. The van der Waals surface area contributed by atoms with Crippen LogP contribution in [0.15, 0.2) is 18.2 Å². The maximum absolute atomic E-state index is 11.8. The number of benzene rings is 1. The Morgan fingerprint density at radius 2 is 2.23 bits per heavy atom. The lowest BCUT2D eigenvalue weighted by Crippen LogP contribution is -2.37. The van der Waals surface area contributed by atoms with Crippen molar-refractivity contribution in [2.24, 2.45) is 5.92 Å². The van der Waals surface area contributed by atoms with E-state index >= 15 is 0 Å². The van der Waals surface area contributed by atoms with Crippen molar-refractivity contribution in [3.05, 3.63) is 29.3 Å². The third-order valence-corrected chi connectivity index (χ3v) is 4.91. The van der Waals surface area contributed by atoms with Crippen LogP contribution in [0.5, 0.6) is 0 Å². The maximum Gasteiger partial charge on any atom is 0.338 e. The van der Waals surface area contributed by atoms with Gasteiger partial charge in [0.1, 0.15) is 0 Å². The highest BCUT2D eigenvalue weighted by Gasteiger charge is 2.15. The minimum absolute atomic E-state index is 0.296. The Kier molecular flexibility index (Phi) is 8.32. The van der Waals surface area contributed by atoms with Gasteiger partial charge in [0.05, 0.1) is 12.2 Å². The number of thiocarbonyl (C=S) groups is 1. The van der Waals surface area contributed by atoms with Crippen LogP contribution < -0.4 is 10.6 Å². The predicted molar refractivity (Wildman–Crippen MR) is 111 cm³/mol. The number of rotatable bonds is 7. The average molecular weight is 378 g/mol. The lowest BCUT2D eigenvalue weighted by molar-refractivity contribution is 0.0526. The Morgan fingerprint density at radius 1 is 1.42 bits per heavy atom. The lowest BCUT2D eigenvalue weighted by Gasteiger charge is -2.30. The molecular formula is C20H31N3O2S. The zero-order valence-electron chi connectivity index (χ0n) is 16.1. The summed E-state index contributed by atoms with van der Waals surface area (Å²) in [7, 11) is 0. The number of nitrogens with one attached hydrogen (secondary N) is 2. The lowest BCUT2D eigenvalue weighted by atomic mass is 10.0. The fourth-order valence-corrected chi connectivity index (χ4v) is 3.52. The van der Waals surface area contributed by atoms with Gasteiger partial charge in [-0.25, -0.2) is 4.79 Å². The molecular weight excluding hydrogens is 346 g/mol. The first-order chi connectivity index (χ1) is 12.5. The molecule has 1 fully saturated rings. The van der Waals surface area contributed by atoms with Crippen LogP contribution in [0.25, 0.3) is 0 Å². The number of aryl methyl sites for hydroxylation is 1. The van der Waals surface area contributed by atoms with Crippen LogP contribution in [0.1, 0.15) is 49.0 Å². The number of anilines is 1. The summed E-state index contributed by atoms with van der Waals surface area (Å²) in [5.74, 6) is 0.523. The Labute approximate surface area is 162 Å². The number of ether oxygens (including phenoxy) is 1. The summed E-state index contributed by atoms with van der Waals surface area (Å²) in [5, 5.41) is 7.09. The molecule has 1 saturated heterocycles. The largest absolute Gasteiger partial charge is 0.462 e. The molecule has 0 saturated carbocycles. The van der Waals surface area contributed by atoms with E-state index in [1.807, 2.05) is 19.1 Å².